The number of carbonyl (C=O) groups excluding carboxylic acids is 1. The third-order valence-electron chi connectivity index (χ3n) is 7.18. The van der Waals surface area contributed by atoms with E-state index in [0.717, 1.165) is 36.0 Å². The van der Waals surface area contributed by atoms with Crippen LogP contribution >= 0.6 is 0 Å². The minimum absolute atomic E-state index is 0.0534. The van der Waals surface area contributed by atoms with Crippen LogP contribution in [0.15, 0.2) is 42.5 Å². The van der Waals surface area contributed by atoms with Crippen LogP contribution in [0.4, 0.5) is 25.0 Å². The van der Waals surface area contributed by atoms with E-state index in [0.29, 0.717) is 12.5 Å². The average Bonchev–Trinajstić information content (AvgIpc) is 3.28. The summed E-state index contributed by atoms with van der Waals surface area (Å²) in [5, 5.41) is 12.6. The lowest BCUT2D eigenvalue weighted by Crippen LogP contribution is -2.70. The second kappa shape index (κ2) is 8.20. The summed E-state index contributed by atoms with van der Waals surface area (Å²) in [6, 6.07) is 10.4. The number of fused-ring (bicyclic) bond motifs is 3. The zero-order valence-electron chi connectivity index (χ0n) is 17.3. The molecule has 164 valence electrons. The Balaban J connectivity index is 1.42. The summed E-state index contributed by atoms with van der Waals surface area (Å²) in [6.45, 7) is 1.47. The van der Waals surface area contributed by atoms with Crippen LogP contribution in [0.3, 0.4) is 0 Å². The second-order valence-electron chi connectivity index (χ2n) is 8.91. The average molecular weight is 427 g/mol. The molecule has 1 aliphatic carbocycles. The minimum Gasteiger partial charge on any atom is -0.395 e. The van der Waals surface area contributed by atoms with Crippen LogP contribution in [0.1, 0.15) is 37.2 Å². The van der Waals surface area contributed by atoms with Crippen LogP contribution in [0.25, 0.3) is 0 Å². The second-order valence-corrected chi connectivity index (χ2v) is 8.91. The lowest BCUT2D eigenvalue weighted by molar-refractivity contribution is -0.0509. The number of likely N-dealkylation sites (tertiary alicyclic amines) is 1. The van der Waals surface area contributed by atoms with E-state index in [4.69, 9.17) is 0 Å². The molecule has 1 saturated carbocycles. The number of anilines is 2. The number of halogens is 2. The van der Waals surface area contributed by atoms with Gasteiger partial charge in [0.25, 0.3) is 0 Å². The number of rotatable bonds is 4. The van der Waals surface area contributed by atoms with Crippen molar-refractivity contribution in [2.75, 3.05) is 29.9 Å². The molecule has 3 atom stereocenters. The molecule has 2 aliphatic heterocycles. The largest absolute Gasteiger partial charge is 0.395 e. The number of benzene rings is 2. The number of hydrogen-bond donors (Lipinski definition) is 2. The summed E-state index contributed by atoms with van der Waals surface area (Å²) < 4.78 is 27.7. The maximum absolute atomic E-state index is 14.1. The topological polar surface area (TPSA) is 55.8 Å². The van der Waals surface area contributed by atoms with Crippen LogP contribution in [0.2, 0.25) is 0 Å². The lowest BCUT2D eigenvalue weighted by Gasteiger charge is -2.59. The molecule has 0 spiro atoms. The molecule has 2 aromatic carbocycles. The van der Waals surface area contributed by atoms with Gasteiger partial charge in [-0.3, -0.25) is 9.80 Å². The zero-order chi connectivity index (χ0) is 21.5. The number of hydrogen-bond acceptors (Lipinski definition) is 3. The molecule has 2 heterocycles. The molecular formula is C24H27F2N3O2. The molecule has 3 aliphatic rings. The fourth-order valence-electron chi connectivity index (χ4n) is 5.70. The highest BCUT2D eigenvalue weighted by Gasteiger charge is 2.53. The number of aliphatic hydroxyl groups excluding tert-OH is 1. The SMILES string of the molecule is O=C(Nc1cc(F)ccc1F)N1C[C@H]2[C@@H](c3ccccc31)[C@@H](CO)N2CC1CCCC1. The highest BCUT2D eigenvalue weighted by atomic mass is 19.1. The Morgan fingerprint density at radius 1 is 1.13 bits per heavy atom. The summed E-state index contributed by atoms with van der Waals surface area (Å²) in [5.74, 6) is -0.485. The van der Waals surface area contributed by atoms with Crippen molar-refractivity contribution in [3.63, 3.8) is 0 Å². The number of para-hydroxylation sites is 1. The molecule has 5 nitrogen and oxygen atoms in total. The first-order valence-corrected chi connectivity index (χ1v) is 11.1. The molecule has 2 amide bonds. The van der Waals surface area contributed by atoms with Crippen LogP contribution in [-0.2, 0) is 0 Å². The minimum atomic E-state index is -0.676. The predicted molar refractivity (Wildman–Crippen MR) is 115 cm³/mol. The van der Waals surface area contributed by atoms with Crippen LogP contribution in [0.5, 0.6) is 0 Å². The van der Waals surface area contributed by atoms with Gasteiger partial charge in [0, 0.05) is 42.8 Å². The van der Waals surface area contributed by atoms with Crippen molar-refractivity contribution in [3.05, 3.63) is 59.7 Å². The van der Waals surface area contributed by atoms with E-state index in [9.17, 15) is 18.7 Å². The standard InChI is InChI=1S/C24H27F2N3O2/c25-16-9-10-18(26)19(11-16)27-24(31)29-13-21-23(17-7-3-4-8-20(17)29)22(14-30)28(21)12-15-5-1-2-6-15/h3-4,7-11,15,21-23,30H,1-2,5-6,12-14H2,(H,27,31)/t21-,22+,23+/m0/s1. The van der Waals surface area contributed by atoms with Gasteiger partial charge < -0.3 is 10.4 Å². The van der Waals surface area contributed by atoms with E-state index in [2.05, 4.69) is 10.2 Å². The third kappa shape index (κ3) is 3.59. The molecule has 2 fully saturated rings. The number of nitrogens with zero attached hydrogens (tertiary/aromatic N) is 2. The number of urea groups is 1. The molecule has 2 aromatic rings. The molecule has 2 N–H and O–H groups in total. The summed E-state index contributed by atoms with van der Waals surface area (Å²) in [4.78, 5) is 17.1. The van der Waals surface area contributed by atoms with Crippen molar-refractivity contribution < 1.29 is 18.7 Å². The zero-order valence-corrected chi connectivity index (χ0v) is 17.3. The smallest absolute Gasteiger partial charge is 0.326 e. The summed E-state index contributed by atoms with van der Waals surface area (Å²) in [5.41, 5.74) is 1.61. The maximum atomic E-state index is 14.1. The van der Waals surface area contributed by atoms with Crippen molar-refractivity contribution in [2.24, 2.45) is 5.92 Å². The van der Waals surface area contributed by atoms with Gasteiger partial charge in [-0.05, 0) is 42.5 Å². The van der Waals surface area contributed by atoms with Crippen molar-refractivity contribution in [3.8, 4) is 0 Å². The van der Waals surface area contributed by atoms with E-state index >= 15 is 0 Å². The number of carbonyl (C=O) groups is 1. The van der Waals surface area contributed by atoms with Gasteiger partial charge in [0.1, 0.15) is 11.6 Å². The van der Waals surface area contributed by atoms with E-state index in [1.807, 2.05) is 24.3 Å². The predicted octanol–water partition coefficient (Wildman–Crippen LogP) is 4.34. The van der Waals surface area contributed by atoms with Crippen molar-refractivity contribution in [1.82, 2.24) is 4.90 Å². The van der Waals surface area contributed by atoms with Crippen molar-refractivity contribution in [2.45, 2.75) is 43.7 Å². The number of amides is 2. The van der Waals surface area contributed by atoms with Gasteiger partial charge in [0.15, 0.2) is 0 Å². The molecule has 0 radical (unpaired) electrons. The van der Waals surface area contributed by atoms with E-state index in [1.54, 1.807) is 4.90 Å². The first-order chi connectivity index (χ1) is 15.1. The molecule has 0 aromatic heterocycles. The quantitative estimate of drug-likeness (QED) is 0.764. The Bertz CT molecular complexity index is 979. The monoisotopic (exact) mass is 427 g/mol. The van der Waals surface area contributed by atoms with E-state index < -0.39 is 17.7 Å². The van der Waals surface area contributed by atoms with Crippen LogP contribution in [-0.4, -0.2) is 47.8 Å². The Kier molecular flexibility index (Phi) is 5.40. The Labute approximate surface area is 180 Å². The molecule has 7 heteroatoms. The maximum Gasteiger partial charge on any atom is 0.326 e. The highest BCUT2D eigenvalue weighted by molar-refractivity contribution is 6.03. The highest BCUT2D eigenvalue weighted by Crippen LogP contribution is 2.49. The van der Waals surface area contributed by atoms with Gasteiger partial charge in [-0.1, -0.05) is 31.0 Å². The fraction of sp³-hybridized carbons (Fsp3) is 0.458. The summed E-state index contributed by atoms with van der Waals surface area (Å²) in [7, 11) is 0. The number of aliphatic hydroxyl groups is 1. The van der Waals surface area contributed by atoms with Gasteiger partial charge in [-0.15, -0.1) is 0 Å². The normalized spacial score (nSPS) is 25.6. The molecule has 31 heavy (non-hydrogen) atoms. The van der Waals surface area contributed by atoms with Gasteiger partial charge in [0.05, 0.1) is 12.3 Å². The Morgan fingerprint density at radius 3 is 2.68 bits per heavy atom. The van der Waals surface area contributed by atoms with Gasteiger partial charge >= 0.3 is 6.03 Å². The first-order valence-electron chi connectivity index (χ1n) is 11.1. The van der Waals surface area contributed by atoms with E-state index in [-0.39, 0.29) is 30.3 Å². The van der Waals surface area contributed by atoms with Gasteiger partial charge in [0.2, 0.25) is 0 Å². The summed E-state index contributed by atoms with van der Waals surface area (Å²) in [6.07, 6.45) is 4.94. The van der Waals surface area contributed by atoms with Crippen molar-refractivity contribution in [1.29, 1.82) is 0 Å². The number of nitrogens with one attached hydrogen (secondary N) is 1. The molecule has 1 saturated heterocycles. The fourth-order valence-corrected chi connectivity index (χ4v) is 5.70. The Morgan fingerprint density at radius 2 is 1.90 bits per heavy atom. The molecular weight excluding hydrogens is 400 g/mol. The van der Waals surface area contributed by atoms with Gasteiger partial charge in [-0.25, -0.2) is 13.6 Å². The van der Waals surface area contributed by atoms with Gasteiger partial charge in [-0.2, -0.15) is 0 Å². The third-order valence-corrected chi connectivity index (χ3v) is 7.18. The first kappa shape index (κ1) is 20.4. The van der Waals surface area contributed by atoms with Crippen LogP contribution in [0, 0.1) is 17.6 Å². The lowest BCUT2D eigenvalue weighted by atomic mass is 9.71. The van der Waals surface area contributed by atoms with Crippen LogP contribution < -0.4 is 10.2 Å². The molecule has 0 unspecified atom stereocenters. The van der Waals surface area contributed by atoms with E-state index in [1.165, 1.54) is 25.7 Å². The summed E-state index contributed by atoms with van der Waals surface area (Å²) >= 11 is 0. The Hall–Kier alpha value is -2.51. The molecule has 0 bridgehead atoms. The van der Waals surface area contributed by atoms with Crippen molar-refractivity contribution >= 4 is 17.4 Å². The molecule has 5 rings (SSSR count).